The zero-order chi connectivity index (χ0) is 25.7. The highest BCUT2D eigenvalue weighted by Gasteiger charge is 2.25. The lowest BCUT2D eigenvalue weighted by Gasteiger charge is -2.16. The Bertz CT molecular complexity index is 1390. The molecule has 3 aromatic carbocycles. The van der Waals surface area contributed by atoms with E-state index < -0.39 is 0 Å². The van der Waals surface area contributed by atoms with Crippen molar-refractivity contribution < 1.29 is 14.0 Å². The highest BCUT2D eigenvalue weighted by Crippen LogP contribution is 2.33. The number of aromatic nitrogens is 1. The summed E-state index contributed by atoms with van der Waals surface area (Å²) in [5.41, 5.74) is 5.90. The van der Waals surface area contributed by atoms with E-state index >= 15 is 0 Å². The molecule has 1 heterocycles. The predicted octanol–water partition coefficient (Wildman–Crippen LogP) is 6.56. The summed E-state index contributed by atoms with van der Waals surface area (Å²) in [6.07, 6.45) is 1.68. The first-order valence-electron chi connectivity index (χ1n) is 12.3. The summed E-state index contributed by atoms with van der Waals surface area (Å²) in [4.78, 5) is 18.7. The number of oxime groups is 1. The van der Waals surface area contributed by atoms with Crippen LogP contribution in [0, 0.1) is 12.7 Å². The summed E-state index contributed by atoms with van der Waals surface area (Å²) in [6, 6.07) is 21.2. The van der Waals surface area contributed by atoms with E-state index in [1.54, 1.807) is 19.2 Å². The van der Waals surface area contributed by atoms with Crippen molar-refractivity contribution in [2.75, 3.05) is 6.61 Å². The van der Waals surface area contributed by atoms with Gasteiger partial charge in [0.25, 0.3) is 5.91 Å². The molecule has 0 fully saturated rings. The van der Waals surface area contributed by atoms with E-state index in [1.807, 2.05) is 49.4 Å². The summed E-state index contributed by atoms with van der Waals surface area (Å²) in [5, 5.41) is 7.90. The minimum atomic E-state index is -0.273. The summed E-state index contributed by atoms with van der Waals surface area (Å²) in [5.74, 6) is -0.350. The van der Waals surface area contributed by atoms with Crippen LogP contribution in [0.5, 0.6) is 0 Å². The van der Waals surface area contributed by atoms with Crippen molar-refractivity contribution in [2.24, 2.45) is 5.16 Å². The third kappa shape index (κ3) is 5.48. The number of rotatable bonds is 9. The molecule has 0 spiro atoms. The monoisotopic (exact) mass is 485 g/mol. The molecule has 0 saturated carbocycles. The second kappa shape index (κ2) is 11.2. The first-order chi connectivity index (χ1) is 17.4. The van der Waals surface area contributed by atoms with Gasteiger partial charge in [0.15, 0.2) is 0 Å². The third-order valence-corrected chi connectivity index (χ3v) is 6.18. The molecule has 0 radical (unpaired) electrons. The maximum Gasteiger partial charge on any atom is 0.254 e. The van der Waals surface area contributed by atoms with Gasteiger partial charge in [-0.3, -0.25) is 4.79 Å². The van der Waals surface area contributed by atoms with E-state index in [1.165, 1.54) is 6.07 Å². The molecule has 5 nitrogen and oxygen atoms in total. The lowest BCUT2D eigenvalue weighted by Crippen LogP contribution is -2.24. The number of nitrogens with zero attached hydrogens (tertiary/aromatic N) is 2. The second-order valence-electron chi connectivity index (χ2n) is 9.18. The van der Waals surface area contributed by atoms with Crippen molar-refractivity contribution in [1.82, 2.24) is 9.88 Å². The molecule has 4 rings (SSSR count). The van der Waals surface area contributed by atoms with E-state index in [0.717, 1.165) is 33.3 Å². The van der Waals surface area contributed by atoms with Gasteiger partial charge < -0.3 is 14.7 Å². The molecule has 1 aromatic heterocycles. The topological polar surface area (TPSA) is 55.6 Å². The van der Waals surface area contributed by atoms with E-state index in [4.69, 9.17) is 4.84 Å². The standard InChI is InChI=1S/C30H32FN3O2/c1-5-36-33-18-24-13-14-25-27(16-24)34(19-22-9-7-6-8-10-22)29(20(2)3)28(25)30(35)32-17-23-12-11-21(4)26(31)15-23/h6-16,18,20H,5,17,19H2,1-4H3,(H,32,35)/b33-18+. The van der Waals surface area contributed by atoms with Gasteiger partial charge >= 0.3 is 0 Å². The lowest BCUT2D eigenvalue weighted by atomic mass is 10.0. The molecular weight excluding hydrogens is 453 g/mol. The molecular formula is C30H32FN3O2. The van der Waals surface area contributed by atoms with Gasteiger partial charge in [0.2, 0.25) is 0 Å². The number of carbonyl (C=O) groups is 1. The number of halogens is 1. The van der Waals surface area contributed by atoms with Crippen LogP contribution in [-0.2, 0) is 17.9 Å². The van der Waals surface area contributed by atoms with E-state index in [2.05, 4.69) is 41.0 Å². The van der Waals surface area contributed by atoms with Crippen LogP contribution in [-0.4, -0.2) is 23.3 Å². The zero-order valence-corrected chi connectivity index (χ0v) is 21.2. The maximum atomic E-state index is 14.0. The lowest BCUT2D eigenvalue weighted by molar-refractivity contribution is 0.0951. The molecule has 1 N–H and O–H groups in total. The van der Waals surface area contributed by atoms with Crippen LogP contribution in [0.15, 0.2) is 71.9 Å². The summed E-state index contributed by atoms with van der Waals surface area (Å²) in [7, 11) is 0. The Labute approximate surface area is 211 Å². The molecule has 0 aliphatic carbocycles. The van der Waals surface area contributed by atoms with Gasteiger partial charge in [0.1, 0.15) is 12.4 Å². The Kier molecular flexibility index (Phi) is 7.84. The quantitative estimate of drug-likeness (QED) is 0.216. The number of fused-ring (bicyclic) bond motifs is 1. The maximum absolute atomic E-state index is 14.0. The Morgan fingerprint density at radius 2 is 1.86 bits per heavy atom. The van der Waals surface area contributed by atoms with Crippen LogP contribution < -0.4 is 5.32 Å². The average Bonchev–Trinajstić information content (AvgIpc) is 3.19. The number of nitrogens with one attached hydrogen (secondary N) is 1. The predicted molar refractivity (Wildman–Crippen MR) is 143 cm³/mol. The SMILES string of the molecule is CCO/N=C/c1ccc2c(C(=O)NCc3ccc(C)c(F)c3)c(C(C)C)n(Cc3ccccc3)c2c1. The van der Waals surface area contributed by atoms with E-state index in [-0.39, 0.29) is 24.2 Å². The number of amides is 1. The number of hydrogen-bond acceptors (Lipinski definition) is 3. The van der Waals surface area contributed by atoms with Crippen molar-refractivity contribution in [3.63, 3.8) is 0 Å². The Morgan fingerprint density at radius 1 is 1.08 bits per heavy atom. The van der Waals surface area contributed by atoms with Gasteiger partial charge in [-0.25, -0.2) is 4.39 Å². The molecule has 4 aromatic rings. The van der Waals surface area contributed by atoms with Crippen LogP contribution in [0.2, 0.25) is 0 Å². The van der Waals surface area contributed by atoms with Crippen LogP contribution in [0.3, 0.4) is 0 Å². The molecule has 36 heavy (non-hydrogen) atoms. The second-order valence-corrected chi connectivity index (χ2v) is 9.18. The fraction of sp³-hybridized carbons (Fsp3) is 0.267. The average molecular weight is 486 g/mol. The molecule has 186 valence electrons. The highest BCUT2D eigenvalue weighted by molar-refractivity contribution is 6.09. The largest absolute Gasteiger partial charge is 0.396 e. The van der Waals surface area contributed by atoms with Crippen molar-refractivity contribution in [3.05, 3.63) is 106 Å². The molecule has 1 amide bonds. The normalized spacial score (nSPS) is 11.5. The molecule has 0 saturated heterocycles. The molecule has 6 heteroatoms. The van der Waals surface area contributed by atoms with Gasteiger partial charge in [-0.1, -0.05) is 73.6 Å². The molecule has 0 aliphatic rings. The molecule has 0 atom stereocenters. The highest BCUT2D eigenvalue weighted by atomic mass is 19.1. The number of benzene rings is 3. The third-order valence-electron chi connectivity index (χ3n) is 6.18. The molecule has 0 unspecified atom stereocenters. The first kappa shape index (κ1) is 25.2. The summed E-state index contributed by atoms with van der Waals surface area (Å²) < 4.78 is 16.2. The van der Waals surface area contributed by atoms with Crippen LogP contribution in [0.25, 0.3) is 10.9 Å². The Balaban J connectivity index is 1.78. The van der Waals surface area contributed by atoms with Crippen LogP contribution >= 0.6 is 0 Å². The van der Waals surface area contributed by atoms with Crippen molar-refractivity contribution >= 4 is 23.0 Å². The van der Waals surface area contributed by atoms with Gasteiger partial charge in [-0.2, -0.15) is 0 Å². The van der Waals surface area contributed by atoms with Crippen LogP contribution in [0.4, 0.5) is 4.39 Å². The summed E-state index contributed by atoms with van der Waals surface area (Å²) in [6.45, 7) is 9.18. The first-order valence-corrected chi connectivity index (χ1v) is 12.3. The minimum absolute atomic E-state index is 0.0965. The Hall–Kier alpha value is -3.93. The van der Waals surface area contributed by atoms with E-state index in [0.29, 0.717) is 24.3 Å². The van der Waals surface area contributed by atoms with Gasteiger partial charge in [0, 0.05) is 24.2 Å². The van der Waals surface area contributed by atoms with Gasteiger partial charge in [-0.05, 0) is 54.2 Å². The Morgan fingerprint density at radius 3 is 2.56 bits per heavy atom. The summed E-state index contributed by atoms with van der Waals surface area (Å²) >= 11 is 0. The van der Waals surface area contributed by atoms with Gasteiger partial charge in [-0.15, -0.1) is 0 Å². The smallest absolute Gasteiger partial charge is 0.254 e. The number of aryl methyl sites for hydroxylation is 1. The molecule has 0 bridgehead atoms. The number of hydrogen-bond donors (Lipinski definition) is 1. The fourth-order valence-electron chi connectivity index (χ4n) is 4.43. The zero-order valence-electron chi connectivity index (χ0n) is 21.2. The van der Waals surface area contributed by atoms with E-state index in [9.17, 15) is 9.18 Å². The van der Waals surface area contributed by atoms with Crippen molar-refractivity contribution in [2.45, 2.75) is 46.7 Å². The fourth-order valence-corrected chi connectivity index (χ4v) is 4.43. The van der Waals surface area contributed by atoms with Crippen molar-refractivity contribution in [1.29, 1.82) is 0 Å². The van der Waals surface area contributed by atoms with Crippen LogP contribution in [0.1, 0.15) is 65.0 Å². The number of carbonyl (C=O) groups excluding carboxylic acids is 1. The molecule has 0 aliphatic heterocycles. The minimum Gasteiger partial charge on any atom is -0.396 e. The van der Waals surface area contributed by atoms with Crippen molar-refractivity contribution in [3.8, 4) is 0 Å². The van der Waals surface area contributed by atoms with Gasteiger partial charge in [0.05, 0.1) is 17.3 Å².